The highest BCUT2D eigenvalue weighted by molar-refractivity contribution is 5.74. The molecule has 0 amide bonds. The Morgan fingerprint density at radius 2 is 1.94 bits per heavy atom. The van der Waals surface area contributed by atoms with Gasteiger partial charge in [-0.3, -0.25) is 9.59 Å². The number of aryl methyl sites for hydroxylation is 1. The fourth-order valence-corrected chi connectivity index (χ4v) is 2.26. The predicted molar refractivity (Wildman–Crippen MR) is 74.4 cm³/mol. The molecule has 0 saturated carbocycles. The highest BCUT2D eigenvalue weighted by Gasteiger charge is 2.12. The predicted octanol–water partition coefficient (Wildman–Crippen LogP) is 2.98. The number of hydrogen-bond donors (Lipinski definition) is 0. The monoisotopic (exact) mass is 249 g/mol. The normalized spacial score (nSPS) is 10.6. The van der Waals surface area contributed by atoms with Crippen molar-refractivity contribution in [2.75, 3.05) is 0 Å². The first-order valence-corrected chi connectivity index (χ1v) is 6.90. The topological polar surface area (TPSA) is 39.1 Å². The molecule has 0 aromatic carbocycles. The molecule has 0 spiro atoms. The summed E-state index contributed by atoms with van der Waals surface area (Å²) in [6.45, 7) is 7.01. The molecule has 0 radical (unpaired) electrons. The molecule has 0 bridgehead atoms. The summed E-state index contributed by atoms with van der Waals surface area (Å²) in [6, 6.07) is 1.77. The lowest BCUT2D eigenvalue weighted by Crippen LogP contribution is -2.28. The van der Waals surface area contributed by atoms with Gasteiger partial charge in [0.15, 0.2) is 6.29 Å². The molecule has 0 saturated heterocycles. The van der Waals surface area contributed by atoms with Crippen LogP contribution in [0.15, 0.2) is 10.9 Å². The lowest BCUT2D eigenvalue weighted by atomic mass is 10.0. The molecule has 0 N–H and O–H groups in total. The third-order valence-corrected chi connectivity index (χ3v) is 3.25. The molecule has 1 aromatic rings. The zero-order chi connectivity index (χ0) is 13.5. The molecule has 0 aliphatic carbocycles. The number of rotatable bonds is 7. The number of unbranched alkanes of at least 4 members (excludes halogenated alkanes) is 1. The van der Waals surface area contributed by atoms with Crippen LogP contribution in [0.3, 0.4) is 0 Å². The quantitative estimate of drug-likeness (QED) is 0.697. The molecular weight excluding hydrogens is 226 g/mol. The number of aldehydes is 1. The Kier molecular flexibility index (Phi) is 5.83. The van der Waals surface area contributed by atoms with Gasteiger partial charge in [-0.1, -0.05) is 33.6 Å². The van der Waals surface area contributed by atoms with Crippen molar-refractivity contribution in [1.82, 2.24) is 4.57 Å². The number of aromatic nitrogens is 1. The van der Waals surface area contributed by atoms with Crippen molar-refractivity contribution in [1.29, 1.82) is 0 Å². The minimum atomic E-state index is -0.126. The molecule has 18 heavy (non-hydrogen) atoms. The highest BCUT2D eigenvalue weighted by Crippen LogP contribution is 2.13. The minimum Gasteiger partial charge on any atom is -0.312 e. The lowest BCUT2D eigenvalue weighted by Gasteiger charge is -2.17. The molecule has 0 fully saturated rings. The van der Waals surface area contributed by atoms with Gasteiger partial charge in [0.1, 0.15) is 0 Å². The Bertz CT molecular complexity index is 460. The maximum Gasteiger partial charge on any atom is 0.261 e. The number of carbonyl (C=O) groups excluding carboxylic acids is 1. The second-order valence-electron chi connectivity index (χ2n) is 4.60. The van der Waals surface area contributed by atoms with E-state index in [1.165, 1.54) is 0 Å². The smallest absolute Gasteiger partial charge is 0.261 e. The summed E-state index contributed by atoms with van der Waals surface area (Å²) in [6.07, 6.45) is 5.48. The van der Waals surface area contributed by atoms with E-state index in [1.807, 2.05) is 4.57 Å². The van der Waals surface area contributed by atoms with Crippen LogP contribution in [0.1, 0.15) is 61.6 Å². The molecule has 100 valence electrons. The van der Waals surface area contributed by atoms with Gasteiger partial charge in [0.05, 0.1) is 5.56 Å². The second-order valence-corrected chi connectivity index (χ2v) is 4.60. The summed E-state index contributed by atoms with van der Waals surface area (Å²) in [4.78, 5) is 23.2. The molecule has 3 nitrogen and oxygen atoms in total. The van der Waals surface area contributed by atoms with Crippen LogP contribution < -0.4 is 5.56 Å². The first kappa shape index (κ1) is 14.7. The molecule has 0 unspecified atom stereocenters. The van der Waals surface area contributed by atoms with Gasteiger partial charge >= 0.3 is 0 Å². The Labute approximate surface area is 109 Å². The molecule has 1 heterocycles. The molecule has 3 heteroatoms. The van der Waals surface area contributed by atoms with Gasteiger partial charge in [0, 0.05) is 12.2 Å². The Morgan fingerprint density at radius 1 is 1.22 bits per heavy atom. The van der Waals surface area contributed by atoms with Crippen molar-refractivity contribution < 1.29 is 4.79 Å². The van der Waals surface area contributed by atoms with Gasteiger partial charge in [0.2, 0.25) is 0 Å². The summed E-state index contributed by atoms with van der Waals surface area (Å²) in [5, 5.41) is 0. The van der Waals surface area contributed by atoms with E-state index in [-0.39, 0.29) is 5.56 Å². The number of nitrogens with zero attached hydrogens (tertiary/aromatic N) is 1. The van der Waals surface area contributed by atoms with E-state index in [9.17, 15) is 9.59 Å². The van der Waals surface area contributed by atoms with E-state index < -0.39 is 0 Å². The van der Waals surface area contributed by atoms with Crippen molar-refractivity contribution in [2.24, 2.45) is 0 Å². The van der Waals surface area contributed by atoms with Gasteiger partial charge in [-0.15, -0.1) is 0 Å². The molecule has 0 aliphatic heterocycles. The van der Waals surface area contributed by atoms with Gasteiger partial charge < -0.3 is 4.57 Å². The highest BCUT2D eigenvalue weighted by atomic mass is 16.1. The SMILES string of the molecule is CCCCn1c(CCC)c(CC)cc(C=O)c1=O. The van der Waals surface area contributed by atoms with Crippen LogP contribution in [0, 0.1) is 0 Å². The Morgan fingerprint density at radius 3 is 2.44 bits per heavy atom. The first-order chi connectivity index (χ1) is 8.69. The first-order valence-electron chi connectivity index (χ1n) is 6.90. The maximum absolute atomic E-state index is 12.2. The van der Waals surface area contributed by atoms with E-state index in [4.69, 9.17) is 0 Å². The summed E-state index contributed by atoms with van der Waals surface area (Å²) in [7, 11) is 0. The van der Waals surface area contributed by atoms with Gasteiger partial charge in [0.25, 0.3) is 5.56 Å². The van der Waals surface area contributed by atoms with Gasteiger partial charge in [-0.25, -0.2) is 0 Å². The number of carbonyl (C=O) groups is 1. The summed E-state index contributed by atoms with van der Waals surface area (Å²) in [5.74, 6) is 0. The second kappa shape index (κ2) is 7.14. The largest absolute Gasteiger partial charge is 0.312 e. The summed E-state index contributed by atoms with van der Waals surface area (Å²) >= 11 is 0. The lowest BCUT2D eigenvalue weighted by molar-refractivity contribution is 0.112. The van der Waals surface area contributed by atoms with Gasteiger partial charge in [-0.05, 0) is 30.9 Å². The van der Waals surface area contributed by atoms with E-state index >= 15 is 0 Å². The van der Waals surface area contributed by atoms with Crippen LogP contribution in [-0.4, -0.2) is 10.9 Å². The zero-order valence-corrected chi connectivity index (χ0v) is 11.7. The third kappa shape index (κ3) is 3.09. The fraction of sp³-hybridized carbons (Fsp3) is 0.600. The Hall–Kier alpha value is -1.38. The Balaban J connectivity index is 3.38. The van der Waals surface area contributed by atoms with Crippen LogP contribution >= 0.6 is 0 Å². The van der Waals surface area contributed by atoms with E-state index in [0.717, 1.165) is 49.9 Å². The molecule has 1 aromatic heterocycles. The summed E-state index contributed by atoms with van der Waals surface area (Å²) < 4.78 is 1.82. The zero-order valence-electron chi connectivity index (χ0n) is 11.7. The maximum atomic E-state index is 12.2. The summed E-state index contributed by atoms with van der Waals surface area (Å²) in [5.41, 5.74) is 2.42. The average molecular weight is 249 g/mol. The van der Waals surface area contributed by atoms with E-state index in [0.29, 0.717) is 11.8 Å². The van der Waals surface area contributed by atoms with Gasteiger partial charge in [-0.2, -0.15) is 0 Å². The molecular formula is C15H23NO2. The molecule has 1 rings (SSSR count). The van der Waals surface area contributed by atoms with E-state index in [2.05, 4.69) is 20.8 Å². The molecule has 0 atom stereocenters. The van der Waals surface area contributed by atoms with Crippen LogP contribution in [0.2, 0.25) is 0 Å². The third-order valence-electron chi connectivity index (χ3n) is 3.25. The average Bonchev–Trinajstić information content (AvgIpc) is 2.39. The van der Waals surface area contributed by atoms with Crippen molar-refractivity contribution in [3.05, 3.63) is 33.2 Å². The van der Waals surface area contributed by atoms with Crippen LogP contribution in [0.4, 0.5) is 0 Å². The van der Waals surface area contributed by atoms with Crippen LogP contribution in [0.5, 0.6) is 0 Å². The van der Waals surface area contributed by atoms with Crippen molar-refractivity contribution in [3.63, 3.8) is 0 Å². The van der Waals surface area contributed by atoms with Crippen molar-refractivity contribution in [2.45, 2.75) is 59.4 Å². The van der Waals surface area contributed by atoms with Crippen molar-refractivity contribution >= 4 is 6.29 Å². The van der Waals surface area contributed by atoms with Crippen LogP contribution in [0.25, 0.3) is 0 Å². The minimum absolute atomic E-state index is 0.126. The van der Waals surface area contributed by atoms with Crippen molar-refractivity contribution in [3.8, 4) is 0 Å². The van der Waals surface area contributed by atoms with E-state index in [1.54, 1.807) is 6.07 Å². The number of pyridine rings is 1. The van der Waals surface area contributed by atoms with Crippen LogP contribution in [-0.2, 0) is 19.4 Å². The molecule has 0 aliphatic rings. The standard InChI is InChI=1S/C15H23NO2/c1-4-7-9-16-14(8-5-2)12(6-3)10-13(11-17)15(16)18/h10-11H,4-9H2,1-3H3. The number of hydrogen-bond acceptors (Lipinski definition) is 2. The fourth-order valence-electron chi connectivity index (χ4n) is 2.26.